The minimum atomic E-state index is -1.72. The molecule has 0 bridgehead atoms. The summed E-state index contributed by atoms with van der Waals surface area (Å²) in [4.78, 5) is 13.9. The van der Waals surface area contributed by atoms with E-state index in [1.807, 2.05) is 9.88 Å². The predicted molar refractivity (Wildman–Crippen MR) is 34.3 cm³/mol. The quantitative estimate of drug-likeness (QED) is 0.534. The molecule has 0 unspecified atom stereocenters. The average molecular weight is 227 g/mol. The van der Waals surface area contributed by atoms with Crippen molar-refractivity contribution in [2.45, 2.75) is 9.88 Å². The van der Waals surface area contributed by atoms with Crippen LogP contribution in [0.25, 0.3) is 0 Å². The third-order valence-electron chi connectivity index (χ3n) is 0.337. The molecule has 0 heterocycles. The predicted octanol–water partition coefficient (Wildman–Crippen LogP) is 1.04. The fourth-order valence-corrected chi connectivity index (χ4v) is 2.77. The van der Waals surface area contributed by atoms with E-state index in [0.717, 1.165) is 0 Å². The van der Waals surface area contributed by atoms with E-state index < -0.39 is 25.5 Å². The van der Waals surface area contributed by atoms with Crippen LogP contribution in [0.15, 0.2) is 0 Å². The second kappa shape index (κ2) is 3.60. The van der Waals surface area contributed by atoms with Crippen LogP contribution in [0, 0.1) is 0 Å². The zero-order valence-corrected chi connectivity index (χ0v) is 8.53. The summed E-state index contributed by atoms with van der Waals surface area (Å²) in [6.07, 6.45) is 0. The number of hydrogen-bond donors (Lipinski definition) is 1. The topological polar surface area (TPSA) is 26.3 Å². The Morgan fingerprint density at radius 3 is 2.14 bits per heavy atom. The first-order valence-electron chi connectivity index (χ1n) is 2.02. The van der Waals surface area contributed by atoms with Gasteiger partial charge in [-0.3, -0.25) is 0 Å². The number of thiol groups is 1. The van der Waals surface area contributed by atoms with Crippen LogP contribution in [0.3, 0.4) is 0 Å². The fourth-order valence-electron chi connectivity index (χ4n) is 0.202. The van der Waals surface area contributed by atoms with Gasteiger partial charge in [0.15, 0.2) is 0 Å². The van der Waals surface area contributed by atoms with Gasteiger partial charge >= 0.3 is 55.9 Å². The summed E-state index contributed by atoms with van der Waals surface area (Å²) in [7, 11) is 0. The van der Waals surface area contributed by atoms with E-state index in [9.17, 15) is 4.79 Å². The Labute approximate surface area is 55.9 Å². The van der Waals surface area contributed by atoms with Gasteiger partial charge in [0.25, 0.3) is 0 Å². The van der Waals surface area contributed by atoms with Crippen molar-refractivity contribution in [1.29, 1.82) is 0 Å². The van der Waals surface area contributed by atoms with Crippen LogP contribution in [0.2, 0.25) is 9.88 Å². The van der Waals surface area contributed by atoms with E-state index in [1.165, 1.54) is 0 Å². The van der Waals surface area contributed by atoms with E-state index in [4.69, 9.17) is 0 Å². The molecular formula is C3H8O2SSn. The molecule has 0 fully saturated rings. The van der Waals surface area contributed by atoms with Crippen LogP contribution in [0.1, 0.15) is 0 Å². The van der Waals surface area contributed by atoms with Crippen LogP contribution in [0.4, 0.5) is 4.79 Å². The zero-order chi connectivity index (χ0) is 5.86. The van der Waals surface area contributed by atoms with E-state index in [0.29, 0.717) is 0 Å². The van der Waals surface area contributed by atoms with Crippen molar-refractivity contribution in [3.63, 3.8) is 0 Å². The van der Waals surface area contributed by atoms with Gasteiger partial charge in [0.2, 0.25) is 0 Å². The molecule has 7 heavy (non-hydrogen) atoms. The Morgan fingerprint density at radius 2 is 2.14 bits per heavy atom. The average Bonchev–Trinajstić information content (AvgIpc) is 1.27. The van der Waals surface area contributed by atoms with Crippen LogP contribution in [0.5, 0.6) is 0 Å². The molecule has 0 aromatic rings. The van der Waals surface area contributed by atoms with E-state index in [1.54, 1.807) is 0 Å². The molecule has 0 saturated carbocycles. The summed E-state index contributed by atoms with van der Waals surface area (Å²) in [5, 5.41) is -0.425. The Balaban J connectivity index is 3.13. The Hall–Kier alpha value is 0.619. The second-order valence-corrected chi connectivity index (χ2v) is 8.46. The zero-order valence-electron chi connectivity index (χ0n) is 4.34. The van der Waals surface area contributed by atoms with Crippen molar-refractivity contribution in [3.05, 3.63) is 0 Å². The minimum absolute atomic E-state index is 0.425. The first-order valence-corrected chi connectivity index (χ1v) is 10.4. The molecule has 2 nitrogen and oxygen atoms in total. The Kier molecular flexibility index (Phi) is 3.92. The maximum atomic E-state index is 9.95. The summed E-state index contributed by atoms with van der Waals surface area (Å²) >= 11 is 1.71. The van der Waals surface area contributed by atoms with Gasteiger partial charge in [0, 0.05) is 0 Å². The molecule has 4 heteroatoms. The molecule has 42 valence electrons. The second-order valence-electron chi connectivity index (χ2n) is 1.43. The molecule has 0 saturated heterocycles. The standard InChI is InChI=1S/CH2O2S.2CH3.Sn.H/c2-1(3)4;;;;/h4H,(H,2,3);2*1H3;;/q;;;+1;/p-1. The van der Waals surface area contributed by atoms with Crippen molar-refractivity contribution in [3.8, 4) is 0 Å². The number of carbonyl (C=O) groups excluding carboxylic acids is 1. The molecule has 0 spiro atoms. The Morgan fingerprint density at radius 1 is 1.71 bits per heavy atom. The molecule has 0 aliphatic carbocycles. The van der Waals surface area contributed by atoms with Crippen LogP contribution >= 0.6 is 12.6 Å². The van der Waals surface area contributed by atoms with Gasteiger partial charge in [-0.05, 0) is 0 Å². The Bertz CT molecular complexity index is 73.3. The molecule has 0 atom stereocenters. The van der Waals surface area contributed by atoms with Gasteiger partial charge in [-0.1, -0.05) is 0 Å². The number of rotatable bonds is 1. The molecule has 0 radical (unpaired) electrons. The van der Waals surface area contributed by atoms with Gasteiger partial charge in [0.05, 0.1) is 0 Å². The van der Waals surface area contributed by atoms with Crippen molar-refractivity contribution in [2.24, 2.45) is 0 Å². The molecule has 0 aromatic heterocycles. The summed E-state index contributed by atoms with van der Waals surface area (Å²) in [6.45, 7) is 0. The molecular weight excluding hydrogens is 219 g/mol. The van der Waals surface area contributed by atoms with Gasteiger partial charge in [-0.2, -0.15) is 0 Å². The summed E-state index contributed by atoms with van der Waals surface area (Å²) in [5.41, 5.74) is 0. The monoisotopic (exact) mass is 228 g/mol. The maximum absolute atomic E-state index is 9.95. The molecule has 0 aliphatic heterocycles. The van der Waals surface area contributed by atoms with Crippen molar-refractivity contribution >= 4 is 38.1 Å². The number of hydrogen-bond acceptors (Lipinski definition) is 2. The number of carbonyl (C=O) groups is 1. The van der Waals surface area contributed by atoms with Crippen LogP contribution in [-0.2, 0) is 3.07 Å². The first kappa shape index (κ1) is 7.62. The van der Waals surface area contributed by atoms with E-state index in [-0.39, 0.29) is 0 Å². The SMILES string of the molecule is [CH3][SnH]([CH3])[O]C(=O)S. The van der Waals surface area contributed by atoms with Crippen LogP contribution in [-0.4, -0.2) is 25.5 Å². The summed E-state index contributed by atoms with van der Waals surface area (Å²) in [6, 6.07) is 0. The summed E-state index contributed by atoms with van der Waals surface area (Å²) in [5.74, 6) is 0. The van der Waals surface area contributed by atoms with Gasteiger partial charge in [-0.15, -0.1) is 0 Å². The van der Waals surface area contributed by atoms with Crippen LogP contribution < -0.4 is 0 Å². The fraction of sp³-hybridized carbons (Fsp3) is 0.667. The molecule has 0 amide bonds. The molecule has 0 rings (SSSR count). The van der Waals surface area contributed by atoms with E-state index in [2.05, 4.69) is 15.7 Å². The van der Waals surface area contributed by atoms with E-state index >= 15 is 0 Å². The van der Waals surface area contributed by atoms with Gasteiger partial charge < -0.3 is 0 Å². The third-order valence-corrected chi connectivity index (χ3v) is 2.96. The normalized spacial score (nSPS) is 9.14. The van der Waals surface area contributed by atoms with Crippen molar-refractivity contribution in [2.75, 3.05) is 0 Å². The third kappa shape index (κ3) is 6.62. The molecule has 0 aliphatic rings. The van der Waals surface area contributed by atoms with Crippen molar-refractivity contribution < 1.29 is 7.87 Å². The van der Waals surface area contributed by atoms with Crippen molar-refractivity contribution in [1.82, 2.24) is 0 Å². The van der Waals surface area contributed by atoms with Gasteiger partial charge in [-0.25, -0.2) is 0 Å². The summed E-state index contributed by atoms with van der Waals surface area (Å²) < 4.78 is 4.69. The molecule has 0 N–H and O–H groups in total. The van der Waals surface area contributed by atoms with Gasteiger partial charge in [0.1, 0.15) is 0 Å². The molecule has 0 aromatic carbocycles. The first-order chi connectivity index (χ1) is 3.13.